The predicted molar refractivity (Wildman–Crippen MR) is 36.2 cm³/mol. The van der Waals surface area contributed by atoms with Crippen molar-refractivity contribution in [3.05, 3.63) is 29.8 Å². The van der Waals surface area contributed by atoms with Gasteiger partial charge >= 0.3 is 35.5 Å². The number of phenols is 1. The Morgan fingerprint density at radius 2 is 2.09 bits per heavy atom. The quantitative estimate of drug-likeness (QED) is 0.479. The molecule has 0 aliphatic heterocycles. The minimum Gasteiger partial charge on any atom is -1.00 e. The molecule has 0 bridgehead atoms. The number of aromatic carboxylic acids is 1. The Bertz CT molecular complexity index is 265. The summed E-state index contributed by atoms with van der Waals surface area (Å²) in [5.74, 6) is -1.06. The molecule has 1 rings (SSSR count). The number of rotatable bonds is 1. The van der Waals surface area contributed by atoms with Crippen LogP contribution in [0.1, 0.15) is 11.8 Å². The maximum Gasteiger partial charge on any atom is 1.00 e. The third kappa shape index (κ3) is 2.93. The monoisotopic (exact) mass is 162 g/mol. The van der Waals surface area contributed by atoms with Gasteiger partial charge in [0, 0.05) is 0 Å². The Morgan fingerprint density at radius 1 is 1.45 bits per heavy atom. The molecule has 11 heavy (non-hydrogen) atoms. The van der Waals surface area contributed by atoms with Gasteiger partial charge in [-0.2, -0.15) is 0 Å². The van der Waals surface area contributed by atoms with Gasteiger partial charge in [0.05, 0.1) is 5.56 Å². The van der Waals surface area contributed by atoms with Crippen molar-refractivity contribution in [1.82, 2.24) is 0 Å². The fourth-order valence-corrected chi connectivity index (χ4v) is 0.639. The largest absolute Gasteiger partial charge is 1.00 e. The van der Waals surface area contributed by atoms with E-state index in [0.717, 1.165) is 0 Å². The molecule has 3 nitrogen and oxygen atoms in total. The molecular weight excluding hydrogens is 155 g/mol. The number of carboxylic acids is 1. The van der Waals surface area contributed by atoms with Crippen LogP contribution < -0.4 is 29.6 Å². The van der Waals surface area contributed by atoms with E-state index in [4.69, 9.17) is 10.2 Å². The number of carboxylic acid groups (broad SMARTS) is 1. The molecule has 0 heterocycles. The zero-order valence-corrected chi connectivity index (χ0v) is 8.11. The van der Waals surface area contributed by atoms with Crippen LogP contribution in [0.15, 0.2) is 24.3 Å². The fraction of sp³-hybridized carbons (Fsp3) is 0. The zero-order chi connectivity index (χ0) is 7.56. The number of hydrogen-bond donors (Lipinski definition) is 2. The number of benzene rings is 1. The van der Waals surface area contributed by atoms with E-state index in [0.29, 0.717) is 0 Å². The van der Waals surface area contributed by atoms with E-state index in [1.165, 1.54) is 24.3 Å². The van der Waals surface area contributed by atoms with Crippen molar-refractivity contribution in [3.63, 3.8) is 0 Å². The van der Waals surface area contributed by atoms with Crippen LogP contribution in [0.4, 0.5) is 0 Å². The number of hydrogen-bond acceptors (Lipinski definition) is 2. The Labute approximate surface area is 87.4 Å². The average molecular weight is 162 g/mol. The predicted octanol–water partition coefficient (Wildman–Crippen LogP) is -1.79. The van der Waals surface area contributed by atoms with Gasteiger partial charge in [0.1, 0.15) is 5.75 Å². The summed E-state index contributed by atoms with van der Waals surface area (Å²) in [7, 11) is 0. The fourth-order valence-electron chi connectivity index (χ4n) is 0.639. The van der Waals surface area contributed by atoms with E-state index in [-0.39, 0.29) is 42.3 Å². The second kappa shape index (κ2) is 4.38. The van der Waals surface area contributed by atoms with Gasteiger partial charge in [-0.15, -0.1) is 0 Å². The number of phenolic OH excluding ortho intramolecular Hbond substituents is 1. The molecule has 0 atom stereocenters. The van der Waals surface area contributed by atoms with Gasteiger partial charge in [-0.05, 0) is 18.2 Å². The van der Waals surface area contributed by atoms with Crippen molar-refractivity contribution in [2.75, 3.05) is 0 Å². The molecule has 2 N–H and O–H groups in total. The number of aromatic hydroxyl groups is 1. The van der Waals surface area contributed by atoms with E-state index in [2.05, 4.69) is 0 Å². The Hall–Kier alpha value is -0.510. The molecule has 0 aliphatic rings. The van der Waals surface area contributed by atoms with Crippen molar-refractivity contribution >= 4 is 5.97 Å². The number of carbonyl (C=O) groups is 1. The van der Waals surface area contributed by atoms with Crippen LogP contribution in [0.3, 0.4) is 0 Å². The molecule has 54 valence electrons. The normalized spacial score (nSPS) is 8.36. The van der Waals surface area contributed by atoms with Crippen LogP contribution >= 0.6 is 0 Å². The summed E-state index contributed by atoms with van der Waals surface area (Å²) < 4.78 is 0. The first-order chi connectivity index (χ1) is 4.70. The summed E-state index contributed by atoms with van der Waals surface area (Å²) in [6.07, 6.45) is 0. The van der Waals surface area contributed by atoms with Gasteiger partial charge in [0.25, 0.3) is 0 Å². The third-order valence-corrected chi connectivity index (χ3v) is 1.09. The zero-order valence-electron chi connectivity index (χ0n) is 7.11. The molecule has 0 amide bonds. The maximum atomic E-state index is 10.2. The van der Waals surface area contributed by atoms with E-state index in [1.807, 2.05) is 0 Å². The first-order valence-electron chi connectivity index (χ1n) is 2.72. The molecule has 1 aromatic rings. The van der Waals surface area contributed by atoms with Crippen LogP contribution in [0.25, 0.3) is 0 Å². The van der Waals surface area contributed by atoms with Gasteiger partial charge in [-0.1, -0.05) is 6.07 Å². The van der Waals surface area contributed by atoms with E-state index >= 15 is 0 Å². The van der Waals surface area contributed by atoms with Crippen LogP contribution in [0.2, 0.25) is 0 Å². The van der Waals surface area contributed by atoms with Crippen molar-refractivity contribution < 1.29 is 46.0 Å². The molecule has 0 aromatic heterocycles. The molecule has 0 unspecified atom stereocenters. The van der Waals surface area contributed by atoms with Crippen molar-refractivity contribution in [3.8, 4) is 5.75 Å². The molecular formula is C7H7NaO3. The summed E-state index contributed by atoms with van der Waals surface area (Å²) in [5.41, 5.74) is 0.0972. The molecule has 0 spiro atoms. The standard InChI is InChI=1S/C7H6O3.Na.H/c8-6-3-1-2-5(4-6)7(9)10;;/h1-4,8H,(H,9,10);;/q;+1;-1. The maximum absolute atomic E-state index is 10.2. The minimum atomic E-state index is -1.03. The van der Waals surface area contributed by atoms with Gasteiger partial charge < -0.3 is 11.6 Å². The smallest absolute Gasteiger partial charge is 1.00 e. The molecule has 0 radical (unpaired) electrons. The summed E-state index contributed by atoms with van der Waals surface area (Å²) >= 11 is 0. The van der Waals surface area contributed by atoms with Crippen LogP contribution in [0.5, 0.6) is 5.75 Å². The molecule has 0 saturated heterocycles. The molecule has 0 fully saturated rings. The Morgan fingerprint density at radius 3 is 2.45 bits per heavy atom. The van der Waals surface area contributed by atoms with Gasteiger partial charge in [0.2, 0.25) is 0 Å². The van der Waals surface area contributed by atoms with Gasteiger partial charge in [0.15, 0.2) is 0 Å². The first-order valence-corrected chi connectivity index (χ1v) is 2.72. The summed E-state index contributed by atoms with van der Waals surface area (Å²) in [4.78, 5) is 10.2. The Balaban J connectivity index is 0. The second-order valence-electron chi connectivity index (χ2n) is 1.86. The van der Waals surface area contributed by atoms with Crippen LogP contribution in [-0.2, 0) is 0 Å². The van der Waals surface area contributed by atoms with E-state index in [9.17, 15) is 4.79 Å². The van der Waals surface area contributed by atoms with E-state index in [1.54, 1.807) is 0 Å². The molecule has 0 saturated carbocycles. The summed E-state index contributed by atoms with van der Waals surface area (Å²) in [5, 5.41) is 17.2. The second-order valence-corrected chi connectivity index (χ2v) is 1.86. The summed E-state index contributed by atoms with van der Waals surface area (Å²) in [6, 6.07) is 5.52. The Kier molecular flexibility index (Phi) is 4.18. The molecule has 1 aromatic carbocycles. The van der Waals surface area contributed by atoms with Gasteiger partial charge in [-0.3, -0.25) is 0 Å². The topological polar surface area (TPSA) is 57.5 Å². The summed E-state index contributed by atoms with van der Waals surface area (Å²) in [6.45, 7) is 0. The van der Waals surface area contributed by atoms with Crippen LogP contribution in [-0.4, -0.2) is 16.2 Å². The molecule has 0 aliphatic carbocycles. The van der Waals surface area contributed by atoms with Gasteiger partial charge in [-0.25, -0.2) is 4.79 Å². The van der Waals surface area contributed by atoms with Crippen molar-refractivity contribution in [2.24, 2.45) is 0 Å². The molecule has 4 heteroatoms. The SMILES string of the molecule is O=C(O)c1cccc(O)c1.[H-].[Na+]. The van der Waals surface area contributed by atoms with Crippen molar-refractivity contribution in [1.29, 1.82) is 0 Å². The first kappa shape index (κ1) is 10.5. The van der Waals surface area contributed by atoms with Crippen LogP contribution in [0, 0.1) is 0 Å². The average Bonchev–Trinajstić information content (AvgIpc) is 1.88. The van der Waals surface area contributed by atoms with E-state index < -0.39 is 5.97 Å². The minimum absolute atomic E-state index is 0. The third-order valence-electron chi connectivity index (χ3n) is 1.09. The van der Waals surface area contributed by atoms with Crippen molar-refractivity contribution in [2.45, 2.75) is 0 Å².